The summed E-state index contributed by atoms with van der Waals surface area (Å²) in [5.41, 5.74) is 6.38. The maximum absolute atomic E-state index is 11.7. The fraction of sp³-hybridized carbons (Fsp3) is 0.429. The van der Waals surface area contributed by atoms with Gasteiger partial charge < -0.3 is 15.8 Å². The van der Waals surface area contributed by atoms with Crippen LogP contribution >= 0.6 is 35.3 Å². The minimum Gasteiger partial charge on any atom is -0.380 e. The molecule has 1 unspecified atom stereocenters. The molecule has 0 aliphatic rings. The number of fused-ring (bicyclic) bond motifs is 1. The largest absolute Gasteiger partial charge is 0.380 e. The first kappa shape index (κ1) is 19.1. The van der Waals surface area contributed by atoms with E-state index in [2.05, 4.69) is 10.3 Å². The molecule has 0 aliphatic heterocycles. The van der Waals surface area contributed by atoms with Crippen LogP contribution in [0.3, 0.4) is 0 Å². The second-order valence-corrected chi connectivity index (χ2v) is 6.17. The Morgan fingerprint density at radius 2 is 2.32 bits per heavy atom. The van der Waals surface area contributed by atoms with Gasteiger partial charge in [-0.1, -0.05) is 11.6 Å². The van der Waals surface area contributed by atoms with Gasteiger partial charge in [-0.15, -0.1) is 23.7 Å². The first-order valence-electron chi connectivity index (χ1n) is 6.67. The Morgan fingerprint density at radius 1 is 1.55 bits per heavy atom. The highest BCUT2D eigenvalue weighted by molar-refractivity contribution is 7.18. The van der Waals surface area contributed by atoms with E-state index in [1.807, 2.05) is 18.2 Å². The van der Waals surface area contributed by atoms with E-state index in [4.69, 9.17) is 22.1 Å². The van der Waals surface area contributed by atoms with Crippen LogP contribution < -0.4 is 11.1 Å². The van der Waals surface area contributed by atoms with Crippen molar-refractivity contribution in [3.8, 4) is 0 Å². The third-order valence-electron chi connectivity index (χ3n) is 3.06. The molecule has 2 rings (SSSR count). The van der Waals surface area contributed by atoms with Crippen LogP contribution in [0.2, 0.25) is 5.02 Å². The molecule has 0 bridgehead atoms. The lowest BCUT2D eigenvalue weighted by Gasteiger charge is -2.12. The number of rotatable bonds is 7. The number of nitrogens with zero attached hydrogens (tertiary/aromatic N) is 1. The smallest absolute Gasteiger partial charge is 0.222 e. The number of ether oxygens (including phenoxy) is 1. The fourth-order valence-electron chi connectivity index (χ4n) is 1.91. The second kappa shape index (κ2) is 9.27. The molecule has 0 radical (unpaired) electrons. The minimum atomic E-state index is -0.227. The number of thiazole rings is 1. The Bertz CT molecular complexity index is 617. The summed E-state index contributed by atoms with van der Waals surface area (Å²) in [6.45, 7) is 0.885. The minimum absolute atomic E-state index is 0. The quantitative estimate of drug-likeness (QED) is 0.791. The molecule has 22 heavy (non-hydrogen) atoms. The van der Waals surface area contributed by atoms with E-state index in [1.54, 1.807) is 18.4 Å². The summed E-state index contributed by atoms with van der Waals surface area (Å²) >= 11 is 7.55. The summed E-state index contributed by atoms with van der Waals surface area (Å²) in [6, 6.07) is 5.66. The number of aromatic nitrogens is 1. The summed E-state index contributed by atoms with van der Waals surface area (Å²) in [6.07, 6.45) is 0.750. The molecule has 122 valence electrons. The van der Waals surface area contributed by atoms with Crippen molar-refractivity contribution in [3.05, 3.63) is 28.2 Å². The van der Waals surface area contributed by atoms with Gasteiger partial charge in [0.1, 0.15) is 0 Å². The van der Waals surface area contributed by atoms with Crippen LogP contribution in [-0.4, -0.2) is 37.2 Å². The van der Waals surface area contributed by atoms with E-state index in [9.17, 15) is 4.79 Å². The number of benzene rings is 1. The molecule has 0 aliphatic carbocycles. The number of carbonyl (C=O) groups excluding carboxylic acids is 1. The summed E-state index contributed by atoms with van der Waals surface area (Å²) in [5, 5.41) is 4.51. The lowest BCUT2D eigenvalue weighted by molar-refractivity contribution is -0.123. The van der Waals surface area contributed by atoms with Gasteiger partial charge in [-0.25, -0.2) is 4.98 Å². The maximum atomic E-state index is 11.7. The monoisotopic (exact) mass is 363 g/mol. The molecule has 8 heteroatoms. The number of halogens is 2. The van der Waals surface area contributed by atoms with E-state index in [0.717, 1.165) is 15.2 Å². The number of carbonyl (C=O) groups is 1. The van der Waals surface area contributed by atoms with Crippen molar-refractivity contribution >= 4 is 51.5 Å². The third-order valence-corrected chi connectivity index (χ3v) is 4.40. The Balaban J connectivity index is 0.00000242. The average Bonchev–Trinajstić information content (AvgIpc) is 2.86. The number of methoxy groups -OCH3 is 1. The van der Waals surface area contributed by atoms with Gasteiger partial charge >= 0.3 is 0 Å². The standard InChI is InChI=1S/C14H18ClN3O2S.ClH/c1-20-10(8-16)7-13(19)17-5-4-14-18-11-6-9(15)2-3-12(11)21-14;/h2-3,6,10H,4-5,7-8,16H2,1H3,(H,17,19);1H. The van der Waals surface area contributed by atoms with Gasteiger partial charge in [0, 0.05) is 31.6 Å². The van der Waals surface area contributed by atoms with Gasteiger partial charge in [-0.05, 0) is 18.2 Å². The highest BCUT2D eigenvalue weighted by Crippen LogP contribution is 2.24. The normalized spacial score (nSPS) is 12.0. The lowest BCUT2D eigenvalue weighted by Crippen LogP contribution is -2.33. The number of nitrogens with two attached hydrogens (primary N) is 1. The Hall–Kier alpha value is -0.920. The predicted octanol–water partition coefficient (Wildman–Crippen LogP) is 2.39. The highest BCUT2D eigenvalue weighted by Gasteiger charge is 2.11. The molecule has 1 atom stereocenters. The van der Waals surface area contributed by atoms with Gasteiger partial charge in [-0.2, -0.15) is 0 Å². The Labute approximate surface area is 144 Å². The first-order chi connectivity index (χ1) is 10.1. The van der Waals surface area contributed by atoms with Crippen molar-refractivity contribution in [1.82, 2.24) is 10.3 Å². The zero-order valence-electron chi connectivity index (χ0n) is 12.2. The van der Waals surface area contributed by atoms with Crippen molar-refractivity contribution in [2.75, 3.05) is 20.2 Å². The van der Waals surface area contributed by atoms with Gasteiger partial charge in [0.2, 0.25) is 5.91 Å². The molecule has 2 aromatic rings. The predicted molar refractivity (Wildman–Crippen MR) is 93.1 cm³/mol. The fourth-order valence-corrected chi connectivity index (χ4v) is 3.02. The molecule has 0 spiro atoms. The molecule has 5 nitrogen and oxygen atoms in total. The molecule has 1 aromatic carbocycles. The summed E-state index contributed by atoms with van der Waals surface area (Å²) < 4.78 is 6.18. The summed E-state index contributed by atoms with van der Waals surface area (Å²) in [5.74, 6) is -0.0588. The van der Waals surface area contributed by atoms with E-state index in [0.29, 0.717) is 24.5 Å². The lowest BCUT2D eigenvalue weighted by atomic mass is 10.2. The zero-order chi connectivity index (χ0) is 15.2. The van der Waals surface area contributed by atoms with Gasteiger partial charge in [0.05, 0.1) is 27.7 Å². The molecular weight excluding hydrogens is 345 g/mol. The van der Waals surface area contributed by atoms with Crippen molar-refractivity contribution in [2.24, 2.45) is 5.73 Å². The summed E-state index contributed by atoms with van der Waals surface area (Å²) in [7, 11) is 1.55. The van der Waals surface area contributed by atoms with E-state index >= 15 is 0 Å². The van der Waals surface area contributed by atoms with E-state index in [1.165, 1.54) is 0 Å². The van der Waals surface area contributed by atoms with Crippen LogP contribution in [0.5, 0.6) is 0 Å². The van der Waals surface area contributed by atoms with Crippen LogP contribution in [0.1, 0.15) is 11.4 Å². The number of hydrogen-bond acceptors (Lipinski definition) is 5. The van der Waals surface area contributed by atoms with Crippen LogP contribution in [0, 0.1) is 0 Å². The zero-order valence-corrected chi connectivity index (χ0v) is 14.6. The van der Waals surface area contributed by atoms with Gasteiger partial charge in [0.25, 0.3) is 0 Å². The summed E-state index contributed by atoms with van der Waals surface area (Å²) in [4.78, 5) is 16.2. The number of amides is 1. The van der Waals surface area contributed by atoms with Crippen LogP contribution in [0.15, 0.2) is 18.2 Å². The topological polar surface area (TPSA) is 77.2 Å². The second-order valence-electron chi connectivity index (χ2n) is 4.62. The van der Waals surface area contributed by atoms with Crippen molar-refractivity contribution < 1.29 is 9.53 Å². The number of nitrogens with one attached hydrogen (secondary N) is 1. The SMILES string of the molecule is COC(CN)CC(=O)NCCc1nc2cc(Cl)ccc2s1.Cl. The molecule has 1 heterocycles. The molecule has 0 saturated carbocycles. The van der Waals surface area contributed by atoms with Crippen molar-refractivity contribution in [2.45, 2.75) is 18.9 Å². The highest BCUT2D eigenvalue weighted by atomic mass is 35.5. The van der Waals surface area contributed by atoms with Crippen LogP contribution in [0.4, 0.5) is 0 Å². The molecule has 0 fully saturated rings. The molecule has 1 aromatic heterocycles. The molecular formula is C14H19Cl2N3O2S. The van der Waals surface area contributed by atoms with E-state index in [-0.39, 0.29) is 30.8 Å². The molecule has 0 saturated heterocycles. The van der Waals surface area contributed by atoms with Gasteiger partial charge in [-0.3, -0.25) is 4.79 Å². The van der Waals surface area contributed by atoms with Gasteiger partial charge in [0.15, 0.2) is 0 Å². The molecule has 3 N–H and O–H groups in total. The number of hydrogen-bond donors (Lipinski definition) is 2. The molecule has 1 amide bonds. The Kier molecular flexibility index (Phi) is 8.06. The Morgan fingerprint density at radius 3 is 3.00 bits per heavy atom. The first-order valence-corrected chi connectivity index (χ1v) is 7.86. The third kappa shape index (κ3) is 5.37. The van der Waals surface area contributed by atoms with E-state index < -0.39 is 0 Å². The maximum Gasteiger partial charge on any atom is 0.222 e. The van der Waals surface area contributed by atoms with Crippen molar-refractivity contribution in [3.63, 3.8) is 0 Å². The van der Waals surface area contributed by atoms with Crippen LogP contribution in [-0.2, 0) is 16.0 Å². The van der Waals surface area contributed by atoms with Crippen LogP contribution in [0.25, 0.3) is 10.2 Å². The van der Waals surface area contributed by atoms with Crippen molar-refractivity contribution in [1.29, 1.82) is 0 Å². The average molecular weight is 364 g/mol.